The van der Waals surface area contributed by atoms with E-state index in [-0.39, 0.29) is 5.91 Å². The molecule has 5 heteroatoms. The third-order valence-electron chi connectivity index (χ3n) is 2.91. The molecule has 17 heavy (non-hydrogen) atoms. The summed E-state index contributed by atoms with van der Waals surface area (Å²) in [6.45, 7) is 2.05. The molecule has 1 aromatic heterocycles. The van der Waals surface area contributed by atoms with E-state index in [1.807, 2.05) is 4.90 Å². The van der Waals surface area contributed by atoms with Gasteiger partial charge in [0.15, 0.2) is 0 Å². The van der Waals surface area contributed by atoms with Crippen LogP contribution in [0.3, 0.4) is 0 Å². The molecule has 0 spiro atoms. The second kappa shape index (κ2) is 5.87. The van der Waals surface area contributed by atoms with Crippen molar-refractivity contribution in [2.45, 2.75) is 19.3 Å². The predicted molar refractivity (Wildman–Crippen MR) is 68.2 cm³/mol. The summed E-state index contributed by atoms with van der Waals surface area (Å²) in [5.41, 5.74) is 0.757. The highest BCUT2D eigenvalue weighted by Crippen LogP contribution is 2.18. The number of hydrogen-bond donors (Lipinski definition) is 1. The quantitative estimate of drug-likeness (QED) is 0.898. The van der Waals surface area contributed by atoms with Crippen LogP contribution in [0.5, 0.6) is 0 Å². The predicted octanol–water partition coefficient (Wildman–Crippen LogP) is 2.16. The molecule has 0 radical (unpaired) electrons. The van der Waals surface area contributed by atoms with Crippen LogP contribution in [0.2, 0.25) is 5.02 Å². The zero-order chi connectivity index (χ0) is 12.1. The van der Waals surface area contributed by atoms with E-state index >= 15 is 0 Å². The van der Waals surface area contributed by atoms with E-state index < -0.39 is 0 Å². The number of carbonyl (C=O) groups is 1. The van der Waals surface area contributed by atoms with Crippen molar-refractivity contribution in [2.75, 3.05) is 25.0 Å². The second-order valence-corrected chi connectivity index (χ2v) is 4.56. The molecule has 0 aromatic carbocycles. The number of carbonyl (C=O) groups excluding carboxylic acids is 1. The monoisotopic (exact) mass is 253 g/mol. The molecular weight excluding hydrogens is 238 g/mol. The molecule has 0 aliphatic carbocycles. The van der Waals surface area contributed by atoms with Crippen LogP contribution in [0.4, 0.5) is 5.69 Å². The van der Waals surface area contributed by atoms with Crippen molar-refractivity contribution in [3.8, 4) is 0 Å². The highest BCUT2D eigenvalue weighted by molar-refractivity contribution is 6.33. The molecular formula is C12H16ClN3O. The number of anilines is 1. The van der Waals surface area contributed by atoms with Crippen LogP contribution >= 0.6 is 11.6 Å². The standard InChI is InChI=1S/C12H16ClN3O/c13-10-8-14-5-4-11(10)15-9-12(17)16-6-2-1-3-7-16/h4-5,8H,1-3,6-7,9H2,(H,14,15). The minimum Gasteiger partial charge on any atom is -0.375 e. The Morgan fingerprint density at radius 3 is 2.88 bits per heavy atom. The number of amides is 1. The van der Waals surface area contributed by atoms with E-state index in [4.69, 9.17) is 11.6 Å². The number of nitrogens with zero attached hydrogens (tertiary/aromatic N) is 2. The zero-order valence-electron chi connectivity index (χ0n) is 9.66. The number of halogens is 1. The number of piperidine rings is 1. The average molecular weight is 254 g/mol. The Hall–Kier alpha value is -1.29. The van der Waals surface area contributed by atoms with Crippen molar-refractivity contribution in [2.24, 2.45) is 0 Å². The van der Waals surface area contributed by atoms with Crippen molar-refractivity contribution >= 4 is 23.2 Å². The Balaban J connectivity index is 1.85. The summed E-state index contributed by atoms with van der Waals surface area (Å²) in [5, 5.41) is 3.59. The summed E-state index contributed by atoms with van der Waals surface area (Å²) in [4.78, 5) is 17.7. The summed E-state index contributed by atoms with van der Waals surface area (Å²) in [5.74, 6) is 0.137. The molecule has 0 bridgehead atoms. The number of rotatable bonds is 3. The van der Waals surface area contributed by atoms with Gasteiger partial charge in [0.1, 0.15) is 0 Å². The summed E-state index contributed by atoms with van der Waals surface area (Å²) < 4.78 is 0. The van der Waals surface area contributed by atoms with Crippen LogP contribution in [0.1, 0.15) is 19.3 Å². The average Bonchev–Trinajstić information content (AvgIpc) is 2.38. The second-order valence-electron chi connectivity index (χ2n) is 4.15. The number of aromatic nitrogens is 1. The SMILES string of the molecule is O=C(CNc1ccncc1Cl)N1CCCCC1. The van der Waals surface area contributed by atoms with Crippen LogP contribution < -0.4 is 5.32 Å². The smallest absolute Gasteiger partial charge is 0.241 e. The normalized spacial score (nSPS) is 15.7. The molecule has 0 unspecified atom stereocenters. The maximum Gasteiger partial charge on any atom is 0.241 e. The summed E-state index contributed by atoms with van der Waals surface area (Å²) in [6.07, 6.45) is 6.67. The van der Waals surface area contributed by atoms with E-state index in [1.54, 1.807) is 18.5 Å². The molecule has 1 aromatic rings. The molecule has 1 aliphatic heterocycles. The maximum atomic E-state index is 11.9. The lowest BCUT2D eigenvalue weighted by molar-refractivity contribution is -0.130. The van der Waals surface area contributed by atoms with Gasteiger partial charge in [-0.3, -0.25) is 9.78 Å². The largest absolute Gasteiger partial charge is 0.375 e. The summed E-state index contributed by atoms with van der Waals surface area (Å²) >= 11 is 5.94. The first-order valence-electron chi connectivity index (χ1n) is 5.88. The molecule has 0 saturated carbocycles. The fourth-order valence-electron chi connectivity index (χ4n) is 1.94. The van der Waals surface area contributed by atoms with Gasteiger partial charge in [-0.1, -0.05) is 11.6 Å². The zero-order valence-corrected chi connectivity index (χ0v) is 10.4. The van der Waals surface area contributed by atoms with Gasteiger partial charge in [-0.2, -0.15) is 0 Å². The van der Waals surface area contributed by atoms with Crippen LogP contribution in [0, 0.1) is 0 Å². The minimum atomic E-state index is 0.137. The Morgan fingerprint density at radius 1 is 1.41 bits per heavy atom. The van der Waals surface area contributed by atoms with Gasteiger partial charge in [0.2, 0.25) is 5.91 Å². The summed E-state index contributed by atoms with van der Waals surface area (Å²) in [6, 6.07) is 1.77. The van der Waals surface area contributed by atoms with Gasteiger partial charge >= 0.3 is 0 Å². The molecule has 1 saturated heterocycles. The number of likely N-dealkylation sites (tertiary alicyclic amines) is 1. The van der Waals surface area contributed by atoms with Gasteiger partial charge in [-0.15, -0.1) is 0 Å². The van der Waals surface area contributed by atoms with Crippen molar-refractivity contribution in [3.63, 3.8) is 0 Å². The Bertz CT molecular complexity index is 391. The van der Waals surface area contributed by atoms with Gasteiger partial charge in [-0.25, -0.2) is 0 Å². The van der Waals surface area contributed by atoms with Crippen LogP contribution in [0.15, 0.2) is 18.5 Å². The van der Waals surface area contributed by atoms with Gasteiger partial charge < -0.3 is 10.2 Å². The van der Waals surface area contributed by atoms with Crippen LogP contribution in [-0.4, -0.2) is 35.4 Å². The van der Waals surface area contributed by atoms with E-state index in [0.717, 1.165) is 31.6 Å². The molecule has 1 N–H and O–H groups in total. The summed E-state index contributed by atoms with van der Waals surface area (Å²) in [7, 11) is 0. The van der Waals surface area contributed by atoms with Crippen molar-refractivity contribution in [3.05, 3.63) is 23.5 Å². The third kappa shape index (κ3) is 3.33. The highest BCUT2D eigenvalue weighted by Gasteiger charge is 2.16. The van der Waals surface area contributed by atoms with Gasteiger partial charge in [0, 0.05) is 25.5 Å². The molecule has 1 amide bonds. The van der Waals surface area contributed by atoms with Gasteiger partial charge in [0.05, 0.1) is 17.3 Å². The lowest BCUT2D eigenvalue weighted by atomic mass is 10.1. The highest BCUT2D eigenvalue weighted by atomic mass is 35.5. The van der Waals surface area contributed by atoms with E-state index in [9.17, 15) is 4.79 Å². The first-order chi connectivity index (χ1) is 8.27. The number of hydrogen-bond acceptors (Lipinski definition) is 3. The first-order valence-corrected chi connectivity index (χ1v) is 6.26. The van der Waals surface area contributed by atoms with Crippen LogP contribution in [0.25, 0.3) is 0 Å². The van der Waals surface area contributed by atoms with Gasteiger partial charge in [-0.05, 0) is 25.3 Å². The minimum absolute atomic E-state index is 0.137. The van der Waals surface area contributed by atoms with E-state index in [1.165, 1.54) is 6.42 Å². The van der Waals surface area contributed by atoms with Crippen molar-refractivity contribution in [1.82, 2.24) is 9.88 Å². The van der Waals surface area contributed by atoms with Crippen molar-refractivity contribution < 1.29 is 4.79 Å². The maximum absolute atomic E-state index is 11.9. The molecule has 4 nitrogen and oxygen atoms in total. The molecule has 2 rings (SSSR count). The number of nitrogens with one attached hydrogen (secondary N) is 1. The molecule has 2 heterocycles. The topological polar surface area (TPSA) is 45.2 Å². The molecule has 1 fully saturated rings. The van der Waals surface area contributed by atoms with E-state index in [2.05, 4.69) is 10.3 Å². The van der Waals surface area contributed by atoms with Crippen molar-refractivity contribution in [1.29, 1.82) is 0 Å². The van der Waals surface area contributed by atoms with E-state index in [0.29, 0.717) is 11.6 Å². The van der Waals surface area contributed by atoms with Crippen LogP contribution in [-0.2, 0) is 4.79 Å². The Morgan fingerprint density at radius 2 is 2.18 bits per heavy atom. The van der Waals surface area contributed by atoms with Gasteiger partial charge in [0.25, 0.3) is 0 Å². The number of pyridine rings is 1. The fraction of sp³-hybridized carbons (Fsp3) is 0.500. The Labute approximate surface area is 106 Å². The first kappa shape index (κ1) is 12.2. The lowest BCUT2D eigenvalue weighted by Crippen LogP contribution is -2.39. The molecule has 1 aliphatic rings. The fourth-order valence-corrected chi connectivity index (χ4v) is 2.13. The molecule has 0 atom stereocenters. The third-order valence-corrected chi connectivity index (χ3v) is 3.21. The molecule has 92 valence electrons. The Kier molecular flexibility index (Phi) is 4.20. The lowest BCUT2D eigenvalue weighted by Gasteiger charge is -2.26.